The quantitative estimate of drug-likeness (QED) is 0.167. The molecule has 11 rings (SSSR count). The largest absolute Gasteiger partial charge is 0.264 e. The molecule has 0 spiro atoms. The van der Waals surface area contributed by atoms with E-state index >= 15 is 0 Å². The second kappa shape index (κ2) is 13.1. The van der Waals surface area contributed by atoms with E-state index in [1.54, 1.807) is 6.20 Å². The number of hydrogen-bond donors (Lipinski definition) is 0. The molecule has 0 fully saturated rings. The highest BCUT2D eigenvalue weighted by Gasteiger charge is 2.18. The van der Waals surface area contributed by atoms with Gasteiger partial charge in [0, 0.05) is 29.1 Å². The summed E-state index contributed by atoms with van der Waals surface area (Å²) in [6.07, 6.45) is 3.69. The zero-order valence-corrected chi connectivity index (χ0v) is 30.4. The lowest BCUT2D eigenvalue weighted by Crippen LogP contribution is -1.97. The van der Waals surface area contributed by atoms with Gasteiger partial charge in [0.15, 0.2) is 5.82 Å². The first-order valence-corrected chi connectivity index (χ1v) is 19.0. The summed E-state index contributed by atoms with van der Waals surface area (Å²) in [6, 6.07) is 67.3. The van der Waals surface area contributed by atoms with Gasteiger partial charge in [-0.3, -0.25) is 4.98 Å². The molecule has 0 saturated heterocycles. The Bertz CT molecular complexity index is 3280. The molecule has 3 nitrogen and oxygen atoms in total. The molecule has 260 valence electrons. The average molecular weight is 712 g/mol. The molecule has 0 unspecified atom stereocenters. The number of benzene rings is 9. The van der Waals surface area contributed by atoms with Gasteiger partial charge in [0.1, 0.15) is 0 Å². The van der Waals surface area contributed by atoms with Gasteiger partial charge >= 0.3 is 0 Å². The van der Waals surface area contributed by atoms with Crippen LogP contribution in [-0.4, -0.2) is 15.0 Å². The van der Waals surface area contributed by atoms with E-state index in [4.69, 9.17) is 9.97 Å². The van der Waals surface area contributed by atoms with Crippen LogP contribution < -0.4 is 0 Å². The van der Waals surface area contributed by atoms with Crippen LogP contribution in [0.2, 0.25) is 0 Å². The van der Waals surface area contributed by atoms with E-state index in [1.807, 2.05) is 12.3 Å². The van der Waals surface area contributed by atoms with Crippen molar-refractivity contribution in [3.05, 3.63) is 200 Å². The highest BCUT2D eigenvalue weighted by Crippen LogP contribution is 2.43. The first-order valence-electron chi connectivity index (χ1n) is 19.0. The number of nitrogens with zero attached hydrogens (tertiary/aromatic N) is 3. The predicted molar refractivity (Wildman–Crippen MR) is 235 cm³/mol. The molecule has 2 heterocycles. The molecule has 0 saturated carbocycles. The van der Waals surface area contributed by atoms with Crippen molar-refractivity contribution in [2.75, 3.05) is 0 Å². The van der Waals surface area contributed by atoms with E-state index in [1.165, 1.54) is 59.6 Å². The van der Waals surface area contributed by atoms with Crippen LogP contribution in [0.5, 0.6) is 0 Å². The van der Waals surface area contributed by atoms with E-state index in [0.717, 1.165) is 44.6 Å². The molecule has 0 aliphatic carbocycles. The minimum Gasteiger partial charge on any atom is -0.264 e. The Balaban J connectivity index is 1.12. The fraction of sp³-hybridized carbons (Fsp3) is 0. The Morgan fingerprint density at radius 1 is 0.304 bits per heavy atom. The summed E-state index contributed by atoms with van der Waals surface area (Å²) in [6.45, 7) is 0. The molecule has 0 radical (unpaired) electrons. The second-order valence-electron chi connectivity index (χ2n) is 14.4. The van der Waals surface area contributed by atoms with Crippen LogP contribution in [0.15, 0.2) is 200 Å². The van der Waals surface area contributed by atoms with Crippen molar-refractivity contribution in [1.82, 2.24) is 15.0 Å². The monoisotopic (exact) mass is 711 g/mol. The van der Waals surface area contributed by atoms with Crippen LogP contribution in [0.3, 0.4) is 0 Å². The predicted octanol–water partition coefficient (Wildman–Crippen LogP) is 14.0. The molecule has 11 aromatic rings. The molecule has 3 heteroatoms. The maximum absolute atomic E-state index is 5.37. The third-order valence-electron chi connectivity index (χ3n) is 11.2. The Labute approximate surface area is 324 Å². The lowest BCUT2D eigenvalue weighted by atomic mass is 9.88. The maximum Gasteiger partial charge on any atom is 0.160 e. The molecule has 2 aromatic heterocycles. The highest BCUT2D eigenvalue weighted by atomic mass is 14.9. The van der Waals surface area contributed by atoms with Crippen molar-refractivity contribution in [3.63, 3.8) is 0 Å². The van der Waals surface area contributed by atoms with Crippen LogP contribution in [0.1, 0.15) is 0 Å². The molecule has 0 aliphatic heterocycles. The fourth-order valence-corrected chi connectivity index (χ4v) is 8.39. The van der Waals surface area contributed by atoms with E-state index in [0.29, 0.717) is 5.82 Å². The first-order chi connectivity index (χ1) is 27.7. The zero-order chi connectivity index (χ0) is 37.0. The number of hydrogen-bond acceptors (Lipinski definition) is 3. The number of fused-ring (bicyclic) bond motifs is 9. The number of rotatable bonds is 5. The van der Waals surface area contributed by atoms with Gasteiger partial charge in [0.2, 0.25) is 0 Å². The van der Waals surface area contributed by atoms with E-state index in [2.05, 4.69) is 187 Å². The summed E-state index contributed by atoms with van der Waals surface area (Å²) < 4.78 is 0. The minimum absolute atomic E-state index is 0.682. The maximum atomic E-state index is 5.37. The van der Waals surface area contributed by atoms with Crippen molar-refractivity contribution in [3.8, 4) is 56.2 Å². The van der Waals surface area contributed by atoms with E-state index in [-0.39, 0.29) is 0 Å². The first kappa shape index (κ1) is 32.0. The lowest BCUT2D eigenvalue weighted by Gasteiger charge is -2.17. The smallest absolute Gasteiger partial charge is 0.160 e. The average Bonchev–Trinajstić information content (AvgIpc) is 3.28. The van der Waals surface area contributed by atoms with Crippen molar-refractivity contribution < 1.29 is 0 Å². The third kappa shape index (κ3) is 5.40. The summed E-state index contributed by atoms with van der Waals surface area (Å²) in [5, 5.41) is 12.3. The van der Waals surface area contributed by atoms with Crippen LogP contribution in [0, 0.1) is 0 Å². The molecule has 9 aromatic carbocycles. The van der Waals surface area contributed by atoms with Crippen LogP contribution in [-0.2, 0) is 0 Å². The summed E-state index contributed by atoms with van der Waals surface area (Å²) in [5.74, 6) is 0.682. The molecule has 0 atom stereocenters. The van der Waals surface area contributed by atoms with Gasteiger partial charge in [-0.05, 0) is 100 Å². The van der Waals surface area contributed by atoms with Gasteiger partial charge < -0.3 is 0 Å². The molecule has 0 bridgehead atoms. The van der Waals surface area contributed by atoms with Gasteiger partial charge in [0.25, 0.3) is 0 Å². The van der Waals surface area contributed by atoms with Crippen molar-refractivity contribution in [2.45, 2.75) is 0 Å². The Hall–Kier alpha value is -7.49. The third-order valence-corrected chi connectivity index (χ3v) is 11.2. The Morgan fingerprint density at radius 3 is 1.55 bits per heavy atom. The SMILES string of the molecule is c1cncc(-c2ccc(-c3nc(-c4ccc(-c5ccc6ccccc6c5)cc4)cc(-c4cc5c6ccccc6c6ccccc6c5c5ccccc45)n3)cc2)c1. The fourth-order valence-electron chi connectivity index (χ4n) is 8.39. The molecular weight excluding hydrogens is 679 g/mol. The molecule has 0 N–H and O–H groups in total. The van der Waals surface area contributed by atoms with Crippen LogP contribution in [0.25, 0.3) is 110 Å². The summed E-state index contributed by atoms with van der Waals surface area (Å²) in [7, 11) is 0. The number of pyridine rings is 1. The van der Waals surface area contributed by atoms with Gasteiger partial charge in [-0.2, -0.15) is 0 Å². The van der Waals surface area contributed by atoms with Crippen LogP contribution in [0.4, 0.5) is 0 Å². The Kier molecular flexibility index (Phi) is 7.49. The number of aromatic nitrogens is 3. The van der Waals surface area contributed by atoms with Gasteiger partial charge in [-0.25, -0.2) is 9.97 Å². The normalized spacial score (nSPS) is 11.6. The van der Waals surface area contributed by atoms with Crippen LogP contribution >= 0.6 is 0 Å². The van der Waals surface area contributed by atoms with Gasteiger partial charge in [-0.15, -0.1) is 0 Å². The molecule has 0 amide bonds. The molecular formula is C53H33N3. The highest BCUT2D eigenvalue weighted by molar-refractivity contribution is 6.33. The second-order valence-corrected chi connectivity index (χ2v) is 14.4. The van der Waals surface area contributed by atoms with E-state index in [9.17, 15) is 0 Å². The van der Waals surface area contributed by atoms with Crippen molar-refractivity contribution >= 4 is 53.9 Å². The van der Waals surface area contributed by atoms with Gasteiger partial charge in [0.05, 0.1) is 11.4 Å². The summed E-state index contributed by atoms with van der Waals surface area (Å²) >= 11 is 0. The zero-order valence-electron chi connectivity index (χ0n) is 30.4. The molecule has 56 heavy (non-hydrogen) atoms. The van der Waals surface area contributed by atoms with E-state index < -0.39 is 0 Å². The standard InChI is InChI=1S/C53H33N3/c1-2-11-39-30-40(28-23-34(39)10-1)35-19-24-37(25-20-35)50-32-51(56-53(55-50)38-26-21-36(22-27-38)41-12-9-29-54-33-41)48-31-49-44-15-4-3-13-42(44)43-14-5-7-17-46(43)52(49)47-18-8-6-16-45(47)48/h1-33H. The Morgan fingerprint density at radius 2 is 0.839 bits per heavy atom. The summed E-state index contributed by atoms with van der Waals surface area (Å²) in [4.78, 5) is 15.0. The van der Waals surface area contributed by atoms with Gasteiger partial charge in [-0.1, -0.05) is 164 Å². The lowest BCUT2D eigenvalue weighted by molar-refractivity contribution is 1.19. The van der Waals surface area contributed by atoms with Crippen molar-refractivity contribution in [1.29, 1.82) is 0 Å². The van der Waals surface area contributed by atoms with Crippen molar-refractivity contribution in [2.24, 2.45) is 0 Å². The minimum atomic E-state index is 0.682. The topological polar surface area (TPSA) is 38.7 Å². The summed E-state index contributed by atoms with van der Waals surface area (Å²) in [5.41, 5.74) is 9.36. The molecule has 0 aliphatic rings.